The van der Waals surface area contributed by atoms with Gasteiger partial charge < -0.3 is 14.6 Å². The van der Waals surface area contributed by atoms with Gasteiger partial charge in [-0.1, -0.05) is 26.0 Å². The smallest absolute Gasteiger partial charge is 0.213 e. The summed E-state index contributed by atoms with van der Waals surface area (Å²) in [6.45, 7) is 4.18. The third-order valence-electron chi connectivity index (χ3n) is 4.09. The predicted octanol–water partition coefficient (Wildman–Crippen LogP) is 1.81. The van der Waals surface area contributed by atoms with Crippen LogP contribution in [-0.2, 0) is 9.47 Å². The summed E-state index contributed by atoms with van der Waals surface area (Å²) in [6.07, 6.45) is 5.76. The lowest BCUT2D eigenvalue weighted by atomic mass is 9.76. The molecule has 112 valence electrons. The molecule has 1 aliphatic carbocycles. The zero-order valence-electron chi connectivity index (χ0n) is 12.7. The molecule has 0 saturated heterocycles. The third kappa shape index (κ3) is 2.35. The van der Waals surface area contributed by atoms with Crippen LogP contribution in [0, 0.1) is 11.8 Å². The van der Waals surface area contributed by atoms with E-state index in [4.69, 9.17) is 19.5 Å². The van der Waals surface area contributed by atoms with Crippen molar-refractivity contribution in [1.29, 1.82) is 0 Å². The highest BCUT2D eigenvalue weighted by atomic mass is 16.5. The molecular formula is C15H24N2O3. The Bertz CT molecular complexity index is 442. The largest absolute Gasteiger partial charge is 0.483 e. The minimum absolute atomic E-state index is 0.0196. The Morgan fingerprint density at radius 3 is 2.70 bits per heavy atom. The van der Waals surface area contributed by atoms with Crippen LogP contribution in [0.2, 0.25) is 0 Å². The van der Waals surface area contributed by atoms with Crippen molar-refractivity contribution in [1.82, 2.24) is 0 Å². The fourth-order valence-corrected chi connectivity index (χ4v) is 2.96. The van der Waals surface area contributed by atoms with E-state index in [1.54, 1.807) is 14.2 Å². The van der Waals surface area contributed by atoms with Crippen molar-refractivity contribution < 1.29 is 14.6 Å². The number of aliphatic hydroxyl groups is 1. The van der Waals surface area contributed by atoms with E-state index < -0.39 is 5.54 Å². The molecule has 3 atom stereocenters. The molecule has 0 unspecified atom stereocenters. The van der Waals surface area contributed by atoms with Crippen LogP contribution < -0.4 is 0 Å². The standard InChI is InChI=1S/C15H24N2O3/c1-10(2)12-13(19-3)17-15(14(16-12)20-4)8-6-5-7-11(15)9-18/h5,7,10-12,18H,6,8-9H2,1-4H3/t11-,12+,15-/m0/s1. The predicted molar refractivity (Wildman–Crippen MR) is 79.2 cm³/mol. The first kappa shape index (κ1) is 15.0. The number of allylic oxidation sites excluding steroid dienone is 1. The first-order valence-corrected chi connectivity index (χ1v) is 7.12. The fourth-order valence-electron chi connectivity index (χ4n) is 2.96. The first-order valence-electron chi connectivity index (χ1n) is 7.12. The van der Waals surface area contributed by atoms with Gasteiger partial charge in [-0.2, -0.15) is 0 Å². The normalized spacial score (nSPS) is 33.1. The number of nitrogens with zero attached hydrogens (tertiary/aromatic N) is 2. The minimum atomic E-state index is -0.616. The first-order chi connectivity index (χ1) is 9.58. The van der Waals surface area contributed by atoms with Gasteiger partial charge in [-0.25, -0.2) is 9.98 Å². The molecule has 1 N–H and O–H groups in total. The molecule has 1 heterocycles. The molecule has 0 saturated carbocycles. The number of aliphatic imine (C=N–C) groups is 2. The van der Waals surface area contributed by atoms with Gasteiger partial charge in [0.15, 0.2) is 0 Å². The Kier molecular flexibility index (Phi) is 4.48. The Hall–Kier alpha value is -1.36. The summed E-state index contributed by atoms with van der Waals surface area (Å²) >= 11 is 0. The molecule has 2 aliphatic rings. The van der Waals surface area contributed by atoms with Gasteiger partial charge in [-0.3, -0.25) is 0 Å². The van der Waals surface area contributed by atoms with Crippen molar-refractivity contribution in [3.05, 3.63) is 12.2 Å². The van der Waals surface area contributed by atoms with Gasteiger partial charge in [-0.15, -0.1) is 0 Å². The SMILES string of the molecule is COC1=N[C@]2(CCC=C[C@H]2CO)C(OC)=N[C@@H]1C(C)C. The zero-order valence-corrected chi connectivity index (χ0v) is 12.7. The van der Waals surface area contributed by atoms with E-state index in [2.05, 4.69) is 19.9 Å². The van der Waals surface area contributed by atoms with Crippen molar-refractivity contribution in [2.24, 2.45) is 21.8 Å². The van der Waals surface area contributed by atoms with Crippen LogP contribution in [0.4, 0.5) is 0 Å². The highest BCUT2D eigenvalue weighted by molar-refractivity contribution is 5.97. The molecule has 0 amide bonds. The molecule has 0 radical (unpaired) electrons. The Morgan fingerprint density at radius 1 is 1.40 bits per heavy atom. The summed E-state index contributed by atoms with van der Waals surface area (Å²) in [5.74, 6) is 1.41. The maximum absolute atomic E-state index is 9.68. The zero-order chi connectivity index (χ0) is 14.8. The number of hydrogen-bond donors (Lipinski definition) is 1. The molecule has 20 heavy (non-hydrogen) atoms. The van der Waals surface area contributed by atoms with Gasteiger partial charge in [0.2, 0.25) is 11.8 Å². The molecule has 2 rings (SSSR count). The van der Waals surface area contributed by atoms with Gasteiger partial charge in [0.25, 0.3) is 0 Å². The highest BCUT2D eigenvalue weighted by Gasteiger charge is 2.48. The van der Waals surface area contributed by atoms with Crippen molar-refractivity contribution >= 4 is 11.8 Å². The van der Waals surface area contributed by atoms with E-state index in [-0.39, 0.29) is 24.5 Å². The van der Waals surface area contributed by atoms with Crippen LogP contribution in [0.5, 0.6) is 0 Å². The maximum atomic E-state index is 9.68. The molecule has 1 aliphatic heterocycles. The van der Waals surface area contributed by atoms with Crippen LogP contribution in [0.1, 0.15) is 26.7 Å². The van der Waals surface area contributed by atoms with E-state index in [0.717, 1.165) is 12.8 Å². The molecule has 0 aromatic rings. The van der Waals surface area contributed by atoms with Gasteiger partial charge in [0.1, 0.15) is 11.6 Å². The summed E-state index contributed by atoms with van der Waals surface area (Å²) in [5, 5.41) is 9.68. The Balaban J connectivity index is 2.49. The third-order valence-corrected chi connectivity index (χ3v) is 4.09. The lowest BCUT2D eigenvalue weighted by molar-refractivity contribution is 0.181. The van der Waals surface area contributed by atoms with Crippen LogP contribution in [0.15, 0.2) is 22.1 Å². The summed E-state index contributed by atoms with van der Waals surface area (Å²) in [4.78, 5) is 9.55. The van der Waals surface area contributed by atoms with Crippen LogP contribution >= 0.6 is 0 Å². The van der Waals surface area contributed by atoms with E-state index in [1.165, 1.54) is 0 Å². The van der Waals surface area contributed by atoms with Gasteiger partial charge >= 0.3 is 0 Å². The number of hydrogen-bond acceptors (Lipinski definition) is 5. The molecule has 1 spiro atoms. The second-order valence-electron chi connectivity index (χ2n) is 5.66. The molecule has 0 aromatic carbocycles. The number of ether oxygens (including phenoxy) is 2. The molecule has 0 fully saturated rings. The van der Waals surface area contributed by atoms with Crippen molar-refractivity contribution in [2.45, 2.75) is 38.3 Å². The van der Waals surface area contributed by atoms with Crippen molar-refractivity contribution in [3.8, 4) is 0 Å². The van der Waals surface area contributed by atoms with Gasteiger partial charge in [0, 0.05) is 5.92 Å². The lowest BCUT2D eigenvalue weighted by Crippen LogP contribution is -2.52. The minimum Gasteiger partial charge on any atom is -0.483 e. The Labute approximate surface area is 120 Å². The van der Waals surface area contributed by atoms with Crippen LogP contribution in [0.25, 0.3) is 0 Å². The van der Waals surface area contributed by atoms with Crippen molar-refractivity contribution in [2.75, 3.05) is 20.8 Å². The number of methoxy groups -OCH3 is 2. The molecular weight excluding hydrogens is 256 g/mol. The average molecular weight is 280 g/mol. The van der Waals surface area contributed by atoms with E-state index in [0.29, 0.717) is 11.8 Å². The molecule has 5 nitrogen and oxygen atoms in total. The average Bonchev–Trinajstić information content (AvgIpc) is 2.47. The number of aliphatic hydroxyl groups excluding tert-OH is 1. The molecule has 0 aromatic heterocycles. The van der Waals surface area contributed by atoms with E-state index >= 15 is 0 Å². The Morgan fingerprint density at radius 2 is 2.15 bits per heavy atom. The van der Waals surface area contributed by atoms with Crippen molar-refractivity contribution in [3.63, 3.8) is 0 Å². The maximum Gasteiger partial charge on any atom is 0.213 e. The number of rotatable bonds is 2. The monoisotopic (exact) mass is 280 g/mol. The summed E-state index contributed by atoms with van der Waals surface area (Å²) in [5.41, 5.74) is -0.616. The highest BCUT2D eigenvalue weighted by Crippen LogP contribution is 2.38. The van der Waals surface area contributed by atoms with E-state index in [1.807, 2.05) is 6.08 Å². The topological polar surface area (TPSA) is 63.4 Å². The van der Waals surface area contributed by atoms with Gasteiger partial charge in [-0.05, 0) is 18.8 Å². The second kappa shape index (κ2) is 5.95. The molecule has 0 bridgehead atoms. The summed E-state index contributed by atoms with van der Waals surface area (Å²) in [7, 11) is 3.25. The fraction of sp³-hybridized carbons (Fsp3) is 0.733. The summed E-state index contributed by atoms with van der Waals surface area (Å²) in [6, 6.07) is -0.120. The lowest BCUT2D eigenvalue weighted by Gasteiger charge is -2.41. The van der Waals surface area contributed by atoms with Crippen LogP contribution in [-0.4, -0.2) is 49.3 Å². The van der Waals surface area contributed by atoms with E-state index in [9.17, 15) is 5.11 Å². The summed E-state index contributed by atoms with van der Waals surface area (Å²) < 4.78 is 11.0. The second-order valence-corrected chi connectivity index (χ2v) is 5.66. The quantitative estimate of drug-likeness (QED) is 0.785. The molecule has 5 heteroatoms. The van der Waals surface area contributed by atoms with Crippen LogP contribution in [0.3, 0.4) is 0 Å². The van der Waals surface area contributed by atoms with Gasteiger partial charge in [0.05, 0.1) is 20.8 Å².